The van der Waals surface area contributed by atoms with E-state index in [4.69, 9.17) is 0 Å². The molecular formula is H5BiLiMgSr. The maximum absolute atomic E-state index is 0. The molecule has 0 nitrogen and oxygen atoms in total. The van der Waals surface area contributed by atoms with Gasteiger partial charge in [-0.05, 0) is 0 Å². The van der Waals surface area contributed by atoms with Crippen molar-refractivity contribution in [3.05, 3.63) is 0 Å². The molecule has 0 fully saturated rings. The fourth-order valence-electron chi connectivity index (χ4n) is 0. The van der Waals surface area contributed by atoms with E-state index < -0.39 is 0 Å². The number of hydrogen-bond acceptors (Lipinski definition) is 0. The minimum atomic E-state index is 0. The van der Waals surface area contributed by atoms with Crippen LogP contribution in [0.5, 0.6) is 0 Å². The Hall–Kier alpha value is 3.73. The summed E-state index contributed by atoms with van der Waals surface area (Å²) in [5.74, 6) is 0. The van der Waals surface area contributed by atoms with E-state index in [-0.39, 0.29) is 114 Å². The molecule has 0 aliphatic rings. The van der Waals surface area contributed by atoms with Crippen LogP contribution in [-0.2, 0) is 0 Å². The average Bonchev–Trinajstić information content (AvgIpc) is 0. The summed E-state index contributed by atoms with van der Waals surface area (Å²) in [5, 5.41) is 0. The Bertz CT molecular complexity index is 8.00. The van der Waals surface area contributed by atoms with Crippen LogP contribution in [0.3, 0.4) is 0 Å². The van der Waals surface area contributed by atoms with Gasteiger partial charge in [0, 0.05) is 26.2 Å². The van der Waals surface area contributed by atoms with Gasteiger partial charge in [-0.25, -0.2) is 0 Å². The molecule has 0 aliphatic heterocycles. The van der Waals surface area contributed by atoms with Gasteiger partial charge >= 0.3 is 87.4 Å². The third kappa shape index (κ3) is 9.21. The molecule has 0 aliphatic carbocycles. The zero-order chi connectivity index (χ0) is 0. The summed E-state index contributed by atoms with van der Waals surface area (Å²) in [6.07, 6.45) is 0. The quantitative estimate of drug-likeness (QED) is 0.419. The summed E-state index contributed by atoms with van der Waals surface area (Å²) in [6, 6.07) is 0. The molecule has 0 N–H and O–H groups in total. The fraction of sp³-hybridized carbons (Fsp3) is 0. The second-order valence-electron chi connectivity index (χ2n) is 0. The molecule has 0 amide bonds. The van der Waals surface area contributed by atoms with E-state index in [1.807, 2.05) is 0 Å². The first-order valence-electron chi connectivity index (χ1n) is 0. The van der Waals surface area contributed by atoms with Gasteiger partial charge in [-0.3, -0.25) is 0 Å². The molecule has 4 heteroatoms. The van der Waals surface area contributed by atoms with Gasteiger partial charge < -0.3 is 0 Å². The zero-order valence-corrected chi connectivity index (χ0v) is 3.92. The molecule has 0 spiro atoms. The summed E-state index contributed by atoms with van der Waals surface area (Å²) in [4.78, 5) is 0. The van der Waals surface area contributed by atoms with Gasteiger partial charge in [-0.2, -0.15) is 0 Å². The van der Waals surface area contributed by atoms with Crippen molar-refractivity contribution >= 4 is 114 Å². The van der Waals surface area contributed by atoms with Gasteiger partial charge in [0.05, 0.1) is 0 Å². The summed E-state index contributed by atoms with van der Waals surface area (Å²) >= 11 is 0. The van der Waals surface area contributed by atoms with Crippen LogP contribution in [-0.4, -0.2) is 114 Å². The van der Waals surface area contributed by atoms with Crippen LogP contribution in [0, 0.1) is 0 Å². The third-order valence-corrected chi connectivity index (χ3v) is 0. The van der Waals surface area contributed by atoms with E-state index >= 15 is 0 Å². The monoisotopic (exact) mass is 333 g/mol. The van der Waals surface area contributed by atoms with E-state index in [1.54, 1.807) is 0 Å². The number of rotatable bonds is 0. The predicted octanol–water partition coefficient (Wildman–Crippen LogP) is -2.86. The fourth-order valence-corrected chi connectivity index (χ4v) is 0. The van der Waals surface area contributed by atoms with Crippen LogP contribution >= 0.6 is 0 Å². The van der Waals surface area contributed by atoms with E-state index in [1.165, 1.54) is 0 Å². The molecule has 0 saturated carbocycles. The first kappa shape index (κ1) is 25.2. The minimum absolute atomic E-state index is 0. The standard InChI is InChI=1S/Bi.Li.Mg.Sr.5H. The van der Waals surface area contributed by atoms with Crippen molar-refractivity contribution in [2.45, 2.75) is 0 Å². The Balaban J connectivity index is 0. The predicted molar refractivity (Wildman–Crippen MR) is 30.0 cm³/mol. The van der Waals surface area contributed by atoms with Crippen LogP contribution < -0.4 is 0 Å². The first-order chi connectivity index (χ1) is 0. The molecule has 15 valence electrons. The molecule has 0 heterocycles. The molecule has 0 rings (SSSR count). The van der Waals surface area contributed by atoms with E-state index in [9.17, 15) is 0 Å². The molecule has 3 radical (unpaired) electrons. The second kappa shape index (κ2) is 15.9. The first-order valence-corrected chi connectivity index (χ1v) is 0. The Morgan fingerprint density at radius 2 is 1.00 bits per heavy atom. The molecule has 0 bridgehead atoms. The Kier molecular flexibility index (Phi) is 100.0. The number of hydrogen-bond donors (Lipinski definition) is 0. The topological polar surface area (TPSA) is 0 Å². The molecule has 0 unspecified atom stereocenters. The molecule has 0 aromatic rings. The van der Waals surface area contributed by atoms with Gasteiger partial charge in [-0.1, -0.05) is 0 Å². The molecule has 0 atom stereocenters. The van der Waals surface area contributed by atoms with Gasteiger partial charge in [0.2, 0.25) is 0 Å². The van der Waals surface area contributed by atoms with Gasteiger partial charge in [-0.15, -0.1) is 0 Å². The van der Waals surface area contributed by atoms with Crippen molar-refractivity contribution in [1.29, 1.82) is 0 Å². The van der Waals surface area contributed by atoms with Crippen LogP contribution in [0.25, 0.3) is 0 Å². The van der Waals surface area contributed by atoms with E-state index in [0.717, 1.165) is 0 Å². The zero-order valence-electron chi connectivity index (χ0n) is 0.447. The Morgan fingerprint density at radius 1 is 1.00 bits per heavy atom. The maximum atomic E-state index is 0. The Morgan fingerprint density at radius 3 is 1.00 bits per heavy atom. The van der Waals surface area contributed by atoms with Crippen LogP contribution in [0.4, 0.5) is 0 Å². The van der Waals surface area contributed by atoms with Crippen molar-refractivity contribution in [1.82, 2.24) is 0 Å². The van der Waals surface area contributed by atoms with Gasteiger partial charge in [0.25, 0.3) is 0 Å². The van der Waals surface area contributed by atoms with E-state index in [2.05, 4.69) is 0 Å². The molecule has 4 heavy (non-hydrogen) atoms. The average molecular weight is 333 g/mol. The second-order valence-corrected chi connectivity index (χ2v) is 0. The summed E-state index contributed by atoms with van der Waals surface area (Å²) in [5.41, 5.74) is 0. The summed E-state index contributed by atoms with van der Waals surface area (Å²) in [6.45, 7) is 0. The SMILES string of the molecule is [Bi].[LiH].[MgH2].[SrH2]. The van der Waals surface area contributed by atoms with Gasteiger partial charge in [0.15, 0.2) is 0 Å². The Labute approximate surface area is 111 Å². The molecule has 0 saturated heterocycles. The molecular weight excluding hydrogens is 328 g/mol. The van der Waals surface area contributed by atoms with Crippen LogP contribution in [0.1, 0.15) is 0 Å². The normalized spacial score (nSPS) is 0. The van der Waals surface area contributed by atoms with Crippen LogP contribution in [0.2, 0.25) is 0 Å². The molecule has 0 aromatic carbocycles. The van der Waals surface area contributed by atoms with Crippen molar-refractivity contribution < 1.29 is 0 Å². The van der Waals surface area contributed by atoms with Crippen molar-refractivity contribution in [3.63, 3.8) is 0 Å². The van der Waals surface area contributed by atoms with Crippen molar-refractivity contribution in [2.75, 3.05) is 0 Å². The van der Waals surface area contributed by atoms with Crippen molar-refractivity contribution in [3.8, 4) is 0 Å². The third-order valence-electron chi connectivity index (χ3n) is 0. The molecule has 0 aromatic heterocycles. The van der Waals surface area contributed by atoms with Gasteiger partial charge in [0.1, 0.15) is 0 Å². The van der Waals surface area contributed by atoms with Crippen LogP contribution in [0.15, 0.2) is 0 Å². The van der Waals surface area contributed by atoms with E-state index in [0.29, 0.717) is 0 Å². The summed E-state index contributed by atoms with van der Waals surface area (Å²) in [7, 11) is 0. The summed E-state index contributed by atoms with van der Waals surface area (Å²) < 4.78 is 0. The van der Waals surface area contributed by atoms with Crippen molar-refractivity contribution in [2.24, 2.45) is 0 Å².